The third-order valence-corrected chi connectivity index (χ3v) is 3.77. The summed E-state index contributed by atoms with van der Waals surface area (Å²) in [7, 11) is 0. The van der Waals surface area contributed by atoms with Gasteiger partial charge in [0.15, 0.2) is 0 Å². The normalized spacial score (nSPS) is 28.7. The highest BCUT2D eigenvalue weighted by atomic mass is 32.2. The van der Waals surface area contributed by atoms with Gasteiger partial charge in [0, 0.05) is 5.25 Å². The second-order valence-corrected chi connectivity index (χ2v) is 4.76. The Labute approximate surface area is 83.2 Å². The van der Waals surface area contributed by atoms with Crippen LogP contribution in [-0.2, 0) is 0 Å². The summed E-state index contributed by atoms with van der Waals surface area (Å²) in [4.78, 5) is 0. The van der Waals surface area contributed by atoms with E-state index < -0.39 is 0 Å². The van der Waals surface area contributed by atoms with Gasteiger partial charge >= 0.3 is 0 Å². The van der Waals surface area contributed by atoms with Gasteiger partial charge in [-0.25, -0.2) is 0 Å². The van der Waals surface area contributed by atoms with Crippen molar-refractivity contribution in [3.8, 4) is 0 Å². The van der Waals surface area contributed by atoms with Gasteiger partial charge in [0.25, 0.3) is 0 Å². The zero-order chi connectivity index (χ0) is 9.10. The van der Waals surface area contributed by atoms with Crippen molar-refractivity contribution in [1.82, 2.24) is 0 Å². The minimum absolute atomic E-state index is 0.0912. The molecule has 0 saturated carbocycles. The molecule has 0 amide bonds. The highest BCUT2D eigenvalue weighted by molar-refractivity contribution is 7.99. The minimum atomic E-state index is -0.0912. The first-order valence-corrected chi connectivity index (χ1v) is 5.76. The van der Waals surface area contributed by atoms with Gasteiger partial charge in [-0.15, -0.1) is 0 Å². The van der Waals surface area contributed by atoms with E-state index in [1.807, 2.05) is 17.8 Å². The van der Waals surface area contributed by atoms with Gasteiger partial charge in [0.2, 0.25) is 0 Å². The van der Waals surface area contributed by atoms with Crippen LogP contribution in [-0.4, -0.2) is 17.0 Å². The van der Waals surface area contributed by atoms with Crippen molar-refractivity contribution in [2.24, 2.45) is 0 Å². The number of rotatable bonds is 1. The molecule has 1 aliphatic rings. The van der Waals surface area contributed by atoms with Crippen LogP contribution in [0.2, 0.25) is 0 Å². The minimum Gasteiger partial charge on any atom is -0.393 e. The molecule has 0 aromatic heterocycles. The summed E-state index contributed by atoms with van der Waals surface area (Å²) < 4.78 is 0. The molecule has 1 N–H and O–H groups in total. The lowest BCUT2D eigenvalue weighted by molar-refractivity contribution is 0.157. The third-order valence-electron chi connectivity index (χ3n) is 2.43. The molecular formula is C11H14OS. The quantitative estimate of drug-likeness (QED) is 0.741. The number of hydrogen-bond donors (Lipinski definition) is 1. The summed E-state index contributed by atoms with van der Waals surface area (Å²) in [6, 6.07) is 10.5. The molecule has 1 aromatic carbocycles. The summed E-state index contributed by atoms with van der Waals surface area (Å²) in [5.41, 5.74) is 1.35. The SMILES string of the molecule is O[C@H]1CCS[C@@H](c2ccccc2)C1. The maximum atomic E-state index is 9.53. The van der Waals surface area contributed by atoms with E-state index in [4.69, 9.17) is 0 Å². The molecule has 0 spiro atoms. The lowest BCUT2D eigenvalue weighted by Gasteiger charge is -2.25. The smallest absolute Gasteiger partial charge is 0.0562 e. The fourth-order valence-electron chi connectivity index (χ4n) is 1.68. The molecule has 1 heterocycles. The molecule has 2 rings (SSSR count). The van der Waals surface area contributed by atoms with Crippen molar-refractivity contribution in [3.05, 3.63) is 35.9 Å². The van der Waals surface area contributed by atoms with Gasteiger partial charge in [0.1, 0.15) is 0 Å². The Morgan fingerprint density at radius 3 is 2.69 bits per heavy atom. The molecule has 0 radical (unpaired) electrons. The van der Waals surface area contributed by atoms with E-state index in [1.165, 1.54) is 5.56 Å². The molecular weight excluding hydrogens is 180 g/mol. The summed E-state index contributed by atoms with van der Waals surface area (Å²) in [5, 5.41) is 10.0. The van der Waals surface area contributed by atoms with Gasteiger partial charge in [0.05, 0.1) is 6.10 Å². The molecule has 1 aliphatic heterocycles. The molecule has 2 atom stereocenters. The molecule has 1 nitrogen and oxygen atoms in total. The zero-order valence-electron chi connectivity index (χ0n) is 7.52. The first-order chi connectivity index (χ1) is 6.36. The fraction of sp³-hybridized carbons (Fsp3) is 0.455. The van der Waals surface area contributed by atoms with Crippen LogP contribution < -0.4 is 0 Å². The monoisotopic (exact) mass is 194 g/mol. The number of aliphatic hydroxyl groups is 1. The zero-order valence-corrected chi connectivity index (χ0v) is 8.33. The fourth-order valence-corrected chi connectivity index (χ4v) is 3.08. The van der Waals surface area contributed by atoms with Crippen LogP contribution in [0.3, 0.4) is 0 Å². The average Bonchev–Trinajstić information content (AvgIpc) is 2.19. The van der Waals surface area contributed by atoms with Crippen LogP contribution in [0.15, 0.2) is 30.3 Å². The van der Waals surface area contributed by atoms with Crippen molar-refractivity contribution < 1.29 is 5.11 Å². The summed E-state index contributed by atoms with van der Waals surface area (Å²) in [6.45, 7) is 0. The standard InChI is InChI=1S/C11H14OS/c12-10-6-7-13-11(8-10)9-4-2-1-3-5-9/h1-5,10-12H,6-8H2/t10-,11+/m0/s1. The highest BCUT2D eigenvalue weighted by Gasteiger charge is 2.21. The van der Waals surface area contributed by atoms with Gasteiger partial charge in [-0.1, -0.05) is 30.3 Å². The maximum absolute atomic E-state index is 9.53. The Morgan fingerprint density at radius 1 is 1.23 bits per heavy atom. The van der Waals surface area contributed by atoms with E-state index in [9.17, 15) is 5.11 Å². The predicted octanol–water partition coefficient (Wildman–Crippen LogP) is 2.62. The highest BCUT2D eigenvalue weighted by Crippen LogP contribution is 2.37. The summed E-state index contributed by atoms with van der Waals surface area (Å²) >= 11 is 1.96. The molecule has 0 aliphatic carbocycles. The largest absolute Gasteiger partial charge is 0.393 e. The van der Waals surface area contributed by atoms with Crippen molar-refractivity contribution >= 4 is 11.8 Å². The van der Waals surface area contributed by atoms with Gasteiger partial charge in [-0.05, 0) is 24.2 Å². The molecule has 70 valence electrons. The molecule has 1 saturated heterocycles. The molecule has 2 heteroatoms. The van der Waals surface area contributed by atoms with Crippen LogP contribution in [0, 0.1) is 0 Å². The van der Waals surface area contributed by atoms with Crippen LogP contribution >= 0.6 is 11.8 Å². The van der Waals surface area contributed by atoms with E-state index in [0.29, 0.717) is 5.25 Å². The second-order valence-electron chi connectivity index (χ2n) is 3.45. The lowest BCUT2D eigenvalue weighted by Crippen LogP contribution is -2.17. The van der Waals surface area contributed by atoms with Gasteiger partial charge in [-0.2, -0.15) is 11.8 Å². The number of aliphatic hydroxyl groups excluding tert-OH is 1. The van der Waals surface area contributed by atoms with Crippen molar-refractivity contribution in [3.63, 3.8) is 0 Å². The number of hydrogen-bond acceptors (Lipinski definition) is 2. The maximum Gasteiger partial charge on any atom is 0.0562 e. The molecule has 0 unspecified atom stereocenters. The van der Waals surface area contributed by atoms with Crippen LogP contribution in [0.25, 0.3) is 0 Å². The first-order valence-electron chi connectivity index (χ1n) is 4.71. The van der Waals surface area contributed by atoms with Crippen LogP contribution in [0.5, 0.6) is 0 Å². The van der Waals surface area contributed by atoms with E-state index >= 15 is 0 Å². The molecule has 13 heavy (non-hydrogen) atoms. The van der Waals surface area contributed by atoms with E-state index in [0.717, 1.165) is 18.6 Å². The second kappa shape index (κ2) is 4.16. The Bertz CT molecular complexity index is 260. The topological polar surface area (TPSA) is 20.2 Å². The van der Waals surface area contributed by atoms with E-state index in [-0.39, 0.29) is 6.10 Å². The molecule has 0 bridgehead atoms. The Morgan fingerprint density at radius 2 is 2.00 bits per heavy atom. The Kier molecular flexibility index (Phi) is 2.91. The predicted molar refractivity (Wildman–Crippen MR) is 56.9 cm³/mol. The van der Waals surface area contributed by atoms with Crippen molar-refractivity contribution in [1.29, 1.82) is 0 Å². The Balaban J connectivity index is 2.08. The van der Waals surface area contributed by atoms with E-state index in [1.54, 1.807) is 0 Å². The lowest BCUT2D eigenvalue weighted by atomic mass is 10.0. The number of benzene rings is 1. The van der Waals surface area contributed by atoms with Gasteiger partial charge < -0.3 is 5.11 Å². The summed E-state index contributed by atoms with van der Waals surface area (Å²) in [5.74, 6) is 1.08. The first kappa shape index (κ1) is 9.10. The van der Waals surface area contributed by atoms with Gasteiger partial charge in [-0.3, -0.25) is 0 Å². The summed E-state index contributed by atoms with van der Waals surface area (Å²) in [6.07, 6.45) is 1.77. The third kappa shape index (κ3) is 2.26. The van der Waals surface area contributed by atoms with Crippen LogP contribution in [0.1, 0.15) is 23.7 Å². The molecule has 1 aromatic rings. The molecule has 1 fully saturated rings. The average molecular weight is 194 g/mol. The Hall–Kier alpha value is -0.470. The van der Waals surface area contributed by atoms with Crippen LogP contribution in [0.4, 0.5) is 0 Å². The van der Waals surface area contributed by atoms with E-state index in [2.05, 4.69) is 24.3 Å². The van der Waals surface area contributed by atoms with Crippen molar-refractivity contribution in [2.45, 2.75) is 24.2 Å². The number of thioether (sulfide) groups is 1. The van der Waals surface area contributed by atoms with Crippen molar-refractivity contribution in [2.75, 3.05) is 5.75 Å².